The lowest BCUT2D eigenvalue weighted by Gasteiger charge is -2.15. The van der Waals surface area contributed by atoms with Crippen LogP contribution >= 0.6 is 0 Å². The summed E-state index contributed by atoms with van der Waals surface area (Å²) < 4.78 is 5.70. The molecule has 134 valence electrons. The number of amides is 1. The first-order valence-corrected chi connectivity index (χ1v) is 9.05. The number of aryl methyl sites for hydroxylation is 2. The molecular weight excluding hydrogens is 310 g/mol. The van der Waals surface area contributed by atoms with Gasteiger partial charge in [-0.15, -0.1) is 0 Å². The summed E-state index contributed by atoms with van der Waals surface area (Å²) in [5, 5.41) is 2.95. The molecule has 0 spiro atoms. The first-order chi connectivity index (χ1) is 12.0. The zero-order valence-corrected chi connectivity index (χ0v) is 15.7. The second-order valence-corrected chi connectivity index (χ2v) is 6.87. The van der Waals surface area contributed by atoms with E-state index in [-0.39, 0.29) is 5.91 Å². The highest BCUT2D eigenvalue weighted by atomic mass is 16.5. The molecule has 0 aromatic heterocycles. The van der Waals surface area contributed by atoms with Crippen LogP contribution in [0.1, 0.15) is 49.8 Å². The molecule has 1 amide bonds. The number of nitrogens with one attached hydrogen (secondary N) is 1. The summed E-state index contributed by atoms with van der Waals surface area (Å²) in [5.41, 5.74) is 3.79. The highest BCUT2D eigenvalue weighted by molar-refractivity contribution is 5.80. The van der Waals surface area contributed by atoms with Crippen LogP contribution in [0, 0.1) is 6.92 Å². The lowest BCUT2D eigenvalue weighted by atomic mass is 10.0. The molecule has 2 aromatic carbocycles. The predicted molar refractivity (Wildman–Crippen MR) is 103 cm³/mol. The van der Waals surface area contributed by atoms with Gasteiger partial charge in [-0.25, -0.2) is 0 Å². The summed E-state index contributed by atoms with van der Waals surface area (Å²) in [4.78, 5) is 12.1. The number of hydrogen-bond donors (Lipinski definition) is 1. The van der Waals surface area contributed by atoms with Gasteiger partial charge in [-0.1, -0.05) is 50.2 Å². The van der Waals surface area contributed by atoms with Crippen LogP contribution < -0.4 is 10.1 Å². The van der Waals surface area contributed by atoms with E-state index < -0.39 is 6.10 Å². The molecule has 25 heavy (non-hydrogen) atoms. The topological polar surface area (TPSA) is 38.3 Å². The van der Waals surface area contributed by atoms with Crippen LogP contribution in [-0.4, -0.2) is 18.6 Å². The van der Waals surface area contributed by atoms with E-state index in [2.05, 4.69) is 43.4 Å². The lowest BCUT2D eigenvalue weighted by molar-refractivity contribution is -0.127. The molecule has 0 heterocycles. The summed E-state index contributed by atoms with van der Waals surface area (Å²) in [7, 11) is 0. The molecule has 1 N–H and O–H groups in total. The van der Waals surface area contributed by atoms with Crippen molar-refractivity contribution in [1.29, 1.82) is 0 Å². The van der Waals surface area contributed by atoms with Gasteiger partial charge in [0.05, 0.1) is 0 Å². The first-order valence-electron chi connectivity index (χ1n) is 9.05. The van der Waals surface area contributed by atoms with Crippen molar-refractivity contribution in [3.05, 3.63) is 65.2 Å². The summed E-state index contributed by atoms with van der Waals surface area (Å²) in [6, 6.07) is 16.5. The fourth-order valence-corrected chi connectivity index (χ4v) is 2.66. The molecule has 0 aliphatic rings. The Morgan fingerprint density at radius 2 is 1.80 bits per heavy atom. The van der Waals surface area contributed by atoms with Crippen molar-refractivity contribution in [1.82, 2.24) is 5.32 Å². The van der Waals surface area contributed by atoms with Gasteiger partial charge in [0.1, 0.15) is 5.75 Å². The van der Waals surface area contributed by atoms with Crippen LogP contribution in [0.5, 0.6) is 5.75 Å². The number of carbonyl (C=O) groups is 1. The molecule has 0 saturated heterocycles. The highest BCUT2D eigenvalue weighted by Gasteiger charge is 2.13. The minimum Gasteiger partial charge on any atom is -0.481 e. The summed E-state index contributed by atoms with van der Waals surface area (Å²) in [5.74, 6) is 1.22. The number of ether oxygens (including phenoxy) is 1. The standard InChI is InChI=1S/C22H29NO2/c1-16(2)20-12-10-19(11-13-20)8-6-14-23-22(24)18(4)25-21-9-5-7-17(3)15-21/h5,7,9-13,15-16,18H,6,8,14H2,1-4H3,(H,23,24)/t18-/m0/s1. The number of benzene rings is 2. The Morgan fingerprint density at radius 3 is 2.44 bits per heavy atom. The minimum absolute atomic E-state index is 0.0725. The molecule has 0 aliphatic carbocycles. The van der Waals surface area contributed by atoms with Gasteiger partial charge in [0, 0.05) is 6.54 Å². The predicted octanol–water partition coefficient (Wildman–Crippen LogP) is 4.63. The van der Waals surface area contributed by atoms with Gasteiger partial charge in [-0.05, 0) is 61.4 Å². The van der Waals surface area contributed by atoms with Gasteiger partial charge in [0.15, 0.2) is 6.10 Å². The zero-order valence-electron chi connectivity index (χ0n) is 15.7. The van der Waals surface area contributed by atoms with Crippen LogP contribution in [0.15, 0.2) is 48.5 Å². The van der Waals surface area contributed by atoms with E-state index in [0.717, 1.165) is 24.2 Å². The van der Waals surface area contributed by atoms with E-state index in [0.29, 0.717) is 12.5 Å². The second-order valence-electron chi connectivity index (χ2n) is 6.87. The Kier molecular flexibility index (Phi) is 7.05. The van der Waals surface area contributed by atoms with Gasteiger partial charge in [0.25, 0.3) is 5.91 Å². The van der Waals surface area contributed by atoms with Crippen molar-refractivity contribution < 1.29 is 9.53 Å². The molecule has 3 nitrogen and oxygen atoms in total. The quantitative estimate of drug-likeness (QED) is 0.712. The Labute approximate surface area is 151 Å². The Balaban J connectivity index is 1.71. The average molecular weight is 339 g/mol. The van der Waals surface area contributed by atoms with Gasteiger partial charge in [0.2, 0.25) is 0 Å². The van der Waals surface area contributed by atoms with Gasteiger partial charge < -0.3 is 10.1 Å². The summed E-state index contributed by atoms with van der Waals surface area (Å²) in [6.07, 6.45) is 1.39. The van der Waals surface area contributed by atoms with Crippen molar-refractivity contribution in [2.75, 3.05) is 6.54 Å². The third kappa shape index (κ3) is 6.26. The third-order valence-corrected chi connectivity index (χ3v) is 4.26. The van der Waals surface area contributed by atoms with Crippen LogP contribution in [0.2, 0.25) is 0 Å². The summed E-state index contributed by atoms with van der Waals surface area (Å²) >= 11 is 0. The van der Waals surface area contributed by atoms with Crippen molar-refractivity contribution in [2.45, 2.75) is 52.6 Å². The third-order valence-electron chi connectivity index (χ3n) is 4.26. The van der Waals surface area contributed by atoms with Crippen molar-refractivity contribution in [3.63, 3.8) is 0 Å². The molecule has 2 aromatic rings. The Bertz CT molecular complexity index is 677. The van der Waals surface area contributed by atoms with Crippen LogP contribution in [-0.2, 0) is 11.2 Å². The largest absolute Gasteiger partial charge is 0.481 e. The van der Waals surface area contributed by atoms with E-state index in [1.54, 1.807) is 6.92 Å². The molecular formula is C22H29NO2. The fraction of sp³-hybridized carbons (Fsp3) is 0.409. The molecule has 0 radical (unpaired) electrons. The van der Waals surface area contributed by atoms with E-state index in [1.807, 2.05) is 31.2 Å². The molecule has 1 atom stereocenters. The minimum atomic E-state index is -0.493. The first kappa shape index (κ1) is 19.0. The molecule has 3 heteroatoms. The monoisotopic (exact) mass is 339 g/mol. The fourth-order valence-electron chi connectivity index (χ4n) is 2.66. The van der Waals surface area contributed by atoms with Gasteiger partial charge in [-0.2, -0.15) is 0 Å². The number of rotatable bonds is 8. The lowest BCUT2D eigenvalue weighted by Crippen LogP contribution is -2.36. The Hall–Kier alpha value is -2.29. The molecule has 2 rings (SSSR count). The second kappa shape index (κ2) is 9.26. The molecule has 0 unspecified atom stereocenters. The van der Waals surface area contributed by atoms with Gasteiger partial charge in [-0.3, -0.25) is 4.79 Å². The smallest absolute Gasteiger partial charge is 0.260 e. The van der Waals surface area contributed by atoms with Gasteiger partial charge >= 0.3 is 0 Å². The van der Waals surface area contributed by atoms with E-state index in [1.165, 1.54) is 11.1 Å². The van der Waals surface area contributed by atoms with Crippen LogP contribution in [0.25, 0.3) is 0 Å². The van der Waals surface area contributed by atoms with Crippen molar-refractivity contribution >= 4 is 5.91 Å². The van der Waals surface area contributed by atoms with E-state index in [4.69, 9.17) is 4.74 Å². The summed E-state index contributed by atoms with van der Waals surface area (Å²) in [6.45, 7) is 8.84. The van der Waals surface area contributed by atoms with Crippen LogP contribution in [0.4, 0.5) is 0 Å². The molecule has 0 saturated carbocycles. The SMILES string of the molecule is Cc1cccc(O[C@@H](C)C(=O)NCCCc2ccc(C(C)C)cc2)c1. The van der Waals surface area contributed by atoms with E-state index >= 15 is 0 Å². The van der Waals surface area contributed by atoms with Crippen molar-refractivity contribution in [3.8, 4) is 5.75 Å². The zero-order chi connectivity index (χ0) is 18.2. The van der Waals surface area contributed by atoms with E-state index in [9.17, 15) is 4.79 Å². The maximum atomic E-state index is 12.1. The Morgan fingerprint density at radius 1 is 1.08 bits per heavy atom. The maximum absolute atomic E-state index is 12.1. The number of carbonyl (C=O) groups excluding carboxylic acids is 1. The molecule has 0 aliphatic heterocycles. The molecule has 0 bridgehead atoms. The highest BCUT2D eigenvalue weighted by Crippen LogP contribution is 2.16. The normalized spacial score (nSPS) is 12.0. The van der Waals surface area contributed by atoms with Crippen LogP contribution in [0.3, 0.4) is 0 Å². The average Bonchev–Trinajstić information content (AvgIpc) is 2.59. The number of hydrogen-bond acceptors (Lipinski definition) is 2. The van der Waals surface area contributed by atoms with Crippen molar-refractivity contribution in [2.24, 2.45) is 0 Å². The maximum Gasteiger partial charge on any atom is 0.260 e. The molecule has 0 fully saturated rings.